The van der Waals surface area contributed by atoms with Crippen LogP contribution in [0.3, 0.4) is 0 Å². The van der Waals surface area contributed by atoms with Crippen LogP contribution in [0.25, 0.3) is 0 Å². The van der Waals surface area contributed by atoms with Crippen LogP contribution in [0.5, 0.6) is 0 Å². The van der Waals surface area contributed by atoms with Crippen LogP contribution in [0.15, 0.2) is 0 Å². The Morgan fingerprint density at radius 3 is 1.46 bits per heavy atom. The number of thiol groups is 1. The van der Waals surface area contributed by atoms with Gasteiger partial charge in [-0.1, -0.05) is 11.8 Å². The van der Waals surface area contributed by atoms with Crippen LogP contribution >= 0.6 is 36.6 Å². The predicted molar refractivity (Wildman–Crippen MR) is 165 cm³/mol. The number of aliphatic carboxylic acids is 4. The van der Waals surface area contributed by atoms with Crippen LogP contribution in [0.2, 0.25) is 13.3 Å². The summed E-state index contributed by atoms with van der Waals surface area (Å²) < 4.78 is 14.7. The molecule has 0 aliphatic rings. The third kappa shape index (κ3) is 31.6. The summed E-state index contributed by atoms with van der Waals surface area (Å²) in [4.78, 5) is 41.2. The van der Waals surface area contributed by atoms with E-state index in [9.17, 15) is 19.2 Å². The molecule has 0 heterocycles. The number of carbonyl (C=O) groups is 4. The second-order valence-corrected chi connectivity index (χ2v) is 20.2. The van der Waals surface area contributed by atoms with Gasteiger partial charge in [0, 0.05) is 19.3 Å². The van der Waals surface area contributed by atoms with Crippen molar-refractivity contribution < 1.29 is 49.1 Å². The van der Waals surface area contributed by atoms with Gasteiger partial charge in [0.2, 0.25) is 4.38 Å². The Kier molecular flexibility index (Phi) is 33.1. The zero-order valence-electron chi connectivity index (χ0n) is 23.6. The molecular formula is C25H48O10S3Sn. The van der Waals surface area contributed by atoms with Crippen molar-refractivity contribution in [2.75, 3.05) is 12.2 Å². The molecule has 0 rings (SSSR count). The first kappa shape index (κ1) is 42.7. The molecule has 14 heteroatoms. The molecule has 2 atom stereocenters. The van der Waals surface area contributed by atoms with Crippen molar-refractivity contribution in [1.29, 1.82) is 0 Å². The molecule has 0 aromatic carbocycles. The van der Waals surface area contributed by atoms with Crippen LogP contribution in [-0.4, -0.2) is 92.8 Å². The van der Waals surface area contributed by atoms with Crippen LogP contribution in [0.1, 0.15) is 85.0 Å². The Balaban J connectivity index is -0.000000500. The van der Waals surface area contributed by atoms with E-state index in [1.165, 1.54) is 38.5 Å². The Bertz CT molecular complexity index is 663. The standard InChI is InChI=1S/C7H10O5S2.C6H10O5S.3C4H9.Sn.H/c1-14-7(13)12-4(6(10)11)2-3-5(8)9;7-5(8)2-1-4(6(9)10)11-3-12;3*1-3-4-2;;/h4H,2-3H2,1H3,(H,8,9)(H,10,11);4,12H,1-3H2,(H,7,8)(H,9,10);3*1,3-4H2,2H3;;. The molecule has 0 bridgehead atoms. The first-order valence-corrected chi connectivity index (χ1v) is 22.5. The van der Waals surface area contributed by atoms with E-state index in [4.69, 9.17) is 25.2 Å². The Morgan fingerprint density at radius 2 is 1.18 bits per heavy atom. The van der Waals surface area contributed by atoms with Gasteiger partial charge in [-0.2, -0.15) is 12.6 Å². The Morgan fingerprint density at radius 1 is 0.795 bits per heavy atom. The molecule has 0 aliphatic carbocycles. The molecule has 2 unspecified atom stereocenters. The third-order valence-corrected chi connectivity index (χ3v) is 17.0. The maximum Gasteiger partial charge on any atom is 0.344 e. The van der Waals surface area contributed by atoms with Gasteiger partial charge in [0.05, 0.1) is 5.94 Å². The quantitative estimate of drug-likeness (QED) is 0.0445. The normalized spacial score (nSPS) is 11.7. The van der Waals surface area contributed by atoms with E-state index in [1.54, 1.807) is 19.6 Å². The van der Waals surface area contributed by atoms with E-state index in [-0.39, 0.29) is 36.0 Å². The molecule has 0 saturated heterocycles. The number of unbranched alkanes of at least 4 members (excludes halogenated alkanes) is 3. The maximum absolute atomic E-state index is 10.6. The zero-order chi connectivity index (χ0) is 30.6. The van der Waals surface area contributed by atoms with Gasteiger partial charge in [-0.05, 0) is 24.9 Å². The molecule has 10 nitrogen and oxygen atoms in total. The van der Waals surface area contributed by atoms with Crippen molar-refractivity contribution in [1.82, 2.24) is 0 Å². The molecule has 0 aliphatic heterocycles. The van der Waals surface area contributed by atoms with Gasteiger partial charge in [0.1, 0.15) is 0 Å². The number of carboxylic acid groups (broad SMARTS) is 4. The van der Waals surface area contributed by atoms with Crippen LogP contribution in [-0.2, 0) is 28.7 Å². The molecule has 0 aromatic rings. The molecule has 0 radical (unpaired) electrons. The van der Waals surface area contributed by atoms with Crippen molar-refractivity contribution >= 4 is 84.6 Å². The van der Waals surface area contributed by atoms with Crippen molar-refractivity contribution in [3.8, 4) is 0 Å². The minimum Gasteiger partial charge on any atom is -0.481 e. The average Bonchev–Trinajstić information content (AvgIpc) is 2.88. The van der Waals surface area contributed by atoms with Gasteiger partial charge in [0.25, 0.3) is 0 Å². The fraction of sp³-hybridized carbons (Fsp3) is 0.800. The number of thiocarbonyl (C=S) groups is 1. The number of hydrogen-bond acceptors (Lipinski definition) is 9. The topological polar surface area (TPSA) is 168 Å². The van der Waals surface area contributed by atoms with Crippen molar-refractivity contribution in [2.24, 2.45) is 0 Å². The summed E-state index contributed by atoms with van der Waals surface area (Å²) in [5, 5.41) is 33.7. The average molecular weight is 724 g/mol. The summed E-state index contributed by atoms with van der Waals surface area (Å²) in [6.45, 7) is 7.01. The number of rotatable bonds is 20. The molecule has 0 saturated carbocycles. The Labute approximate surface area is 255 Å². The summed E-state index contributed by atoms with van der Waals surface area (Å²) in [7, 11) is 0. The second-order valence-electron chi connectivity index (χ2n) is 8.68. The summed E-state index contributed by atoms with van der Waals surface area (Å²) in [5.74, 6) is -4.50. The molecule has 0 aromatic heterocycles. The molecular weight excluding hydrogens is 675 g/mol. The minimum absolute atomic E-state index is 0.0312. The van der Waals surface area contributed by atoms with Crippen LogP contribution in [0, 0.1) is 0 Å². The van der Waals surface area contributed by atoms with E-state index >= 15 is 0 Å². The first-order valence-electron chi connectivity index (χ1n) is 13.3. The van der Waals surface area contributed by atoms with Gasteiger partial charge >= 0.3 is 116 Å². The summed E-state index contributed by atoms with van der Waals surface area (Å²) >= 11 is 8.46. The van der Waals surface area contributed by atoms with E-state index in [2.05, 4.69) is 50.4 Å². The summed E-state index contributed by atoms with van der Waals surface area (Å²) in [5.41, 5.74) is 0. The zero-order valence-corrected chi connectivity index (χ0v) is 29.5. The maximum atomic E-state index is 10.6. The molecule has 0 fully saturated rings. The third-order valence-electron chi connectivity index (χ3n) is 5.37. The van der Waals surface area contributed by atoms with Crippen molar-refractivity contribution in [3.05, 3.63) is 0 Å². The first-order chi connectivity index (χ1) is 18.4. The smallest absolute Gasteiger partial charge is 0.344 e. The summed E-state index contributed by atoms with van der Waals surface area (Å²) in [6.07, 6.45) is 7.68. The van der Waals surface area contributed by atoms with E-state index < -0.39 is 55.8 Å². The molecule has 4 N–H and O–H groups in total. The fourth-order valence-electron chi connectivity index (χ4n) is 3.19. The molecule has 39 heavy (non-hydrogen) atoms. The van der Waals surface area contributed by atoms with Gasteiger partial charge < -0.3 is 29.9 Å². The molecule has 230 valence electrons. The van der Waals surface area contributed by atoms with E-state index in [0.29, 0.717) is 0 Å². The van der Waals surface area contributed by atoms with Crippen LogP contribution in [0.4, 0.5) is 0 Å². The number of ether oxygens (including phenoxy) is 2. The predicted octanol–water partition coefficient (Wildman–Crippen LogP) is 5.79. The van der Waals surface area contributed by atoms with Gasteiger partial charge in [0.15, 0.2) is 12.2 Å². The molecule has 0 spiro atoms. The number of carboxylic acids is 4. The number of hydrogen-bond donors (Lipinski definition) is 5. The second kappa shape index (κ2) is 30.2. The van der Waals surface area contributed by atoms with Gasteiger partial charge in [-0.15, -0.1) is 0 Å². The van der Waals surface area contributed by atoms with E-state index in [1.807, 2.05) is 0 Å². The van der Waals surface area contributed by atoms with Gasteiger partial charge in [-0.3, -0.25) is 9.59 Å². The number of thioether (sulfide) groups is 1. The Hall–Kier alpha value is -0.771. The summed E-state index contributed by atoms with van der Waals surface area (Å²) in [6, 6.07) is 0. The largest absolute Gasteiger partial charge is 0.481 e. The monoisotopic (exact) mass is 724 g/mol. The van der Waals surface area contributed by atoms with E-state index in [0.717, 1.165) is 11.8 Å². The van der Waals surface area contributed by atoms with Crippen molar-refractivity contribution in [2.45, 2.75) is 110 Å². The minimum atomic E-state index is -1.21. The fourth-order valence-corrected chi connectivity index (χ4v) is 14.6. The van der Waals surface area contributed by atoms with Gasteiger partial charge in [-0.25, -0.2) is 9.59 Å². The van der Waals surface area contributed by atoms with Crippen LogP contribution < -0.4 is 0 Å². The molecule has 0 amide bonds. The van der Waals surface area contributed by atoms with Crippen molar-refractivity contribution in [3.63, 3.8) is 0 Å². The SMILES string of the molecule is CCC[CH2][SnH]([CH2]CCC)[CH2]CCC.CSC(=S)OC(CCC(=O)O)C(=O)O.O=C(O)CCC(OCS)C(=O)O.